The van der Waals surface area contributed by atoms with Crippen LogP contribution in [0.15, 0.2) is 42.5 Å². The number of benzene rings is 2. The summed E-state index contributed by atoms with van der Waals surface area (Å²) in [5.74, 6) is 0.571. The highest BCUT2D eigenvalue weighted by Crippen LogP contribution is 2.27. The van der Waals surface area contributed by atoms with Crippen molar-refractivity contribution in [3.05, 3.63) is 57.6 Å². The molecule has 0 aliphatic rings. The smallest absolute Gasteiger partial charge is 0.269 e. The van der Waals surface area contributed by atoms with Crippen LogP contribution in [0.25, 0.3) is 0 Å². The molecule has 0 saturated carbocycles. The minimum Gasteiger partial charge on any atom is -0.495 e. The van der Waals surface area contributed by atoms with E-state index in [0.717, 1.165) is 0 Å². The van der Waals surface area contributed by atoms with Crippen LogP contribution in [-0.4, -0.2) is 17.1 Å². The number of anilines is 2. The van der Waals surface area contributed by atoms with E-state index in [9.17, 15) is 10.1 Å². The van der Waals surface area contributed by atoms with Gasteiger partial charge in [0.2, 0.25) is 0 Å². The molecule has 0 radical (unpaired) electrons. The number of nitrogens with zero attached hydrogens (tertiary/aromatic N) is 1. The van der Waals surface area contributed by atoms with Gasteiger partial charge in [-0.3, -0.25) is 10.1 Å². The van der Waals surface area contributed by atoms with Crippen molar-refractivity contribution in [2.75, 3.05) is 17.7 Å². The zero-order valence-corrected chi connectivity index (χ0v) is 13.1. The van der Waals surface area contributed by atoms with Gasteiger partial charge in [-0.1, -0.05) is 11.6 Å². The number of hydrogen-bond acceptors (Lipinski definition) is 4. The number of halogens is 1. The van der Waals surface area contributed by atoms with Crippen LogP contribution in [0.3, 0.4) is 0 Å². The third-order valence-corrected chi connectivity index (χ3v) is 3.25. The summed E-state index contributed by atoms with van der Waals surface area (Å²) in [5, 5.41) is 17.3. The summed E-state index contributed by atoms with van der Waals surface area (Å²) in [6.07, 6.45) is 0. The van der Waals surface area contributed by atoms with Crippen molar-refractivity contribution < 1.29 is 9.66 Å². The molecule has 6 nitrogen and oxygen atoms in total. The van der Waals surface area contributed by atoms with Gasteiger partial charge in [0.15, 0.2) is 5.11 Å². The van der Waals surface area contributed by atoms with E-state index in [1.54, 1.807) is 30.3 Å². The van der Waals surface area contributed by atoms with E-state index in [4.69, 9.17) is 28.6 Å². The predicted molar refractivity (Wildman–Crippen MR) is 90.9 cm³/mol. The van der Waals surface area contributed by atoms with Crippen molar-refractivity contribution in [1.29, 1.82) is 0 Å². The van der Waals surface area contributed by atoms with Gasteiger partial charge in [-0.05, 0) is 42.5 Å². The van der Waals surface area contributed by atoms with Crippen molar-refractivity contribution in [3.63, 3.8) is 0 Å². The van der Waals surface area contributed by atoms with E-state index >= 15 is 0 Å². The van der Waals surface area contributed by atoms with Gasteiger partial charge < -0.3 is 15.4 Å². The van der Waals surface area contributed by atoms with Crippen molar-refractivity contribution in [3.8, 4) is 5.75 Å². The van der Waals surface area contributed by atoms with Crippen LogP contribution in [0.2, 0.25) is 5.02 Å². The lowest BCUT2D eigenvalue weighted by molar-refractivity contribution is -0.384. The second-order valence-electron chi connectivity index (χ2n) is 4.23. The molecule has 0 spiro atoms. The number of methoxy groups -OCH3 is 1. The lowest BCUT2D eigenvalue weighted by Crippen LogP contribution is -2.18. The van der Waals surface area contributed by atoms with E-state index in [-0.39, 0.29) is 5.69 Å². The number of hydrogen-bond donors (Lipinski definition) is 2. The second kappa shape index (κ2) is 7.06. The summed E-state index contributed by atoms with van der Waals surface area (Å²) in [6, 6.07) is 11.1. The van der Waals surface area contributed by atoms with Gasteiger partial charge in [0, 0.05) is 23.5 Å². The van der Waals surface area contributed by atoms with Gasteiger partial charge in [-0.25, -0.2) is 0 Å². The molecule has 0 saturated heterocycles. The quantitative estimate of drug-likeness (QED) is 0.497. The molecule has 0 heterocycles. The molecule has 8 heteroatoms. The van der Waals surface area contributed by atoms with Gasteiger partial charge >= 0.3 is 0 Å². The highest BCUT2D eigenvalue weighted by Gasteiger charge is 2.06. The van der Waals surface area contributed by atoms with E-state index < -0.39 is 4.92 Å². The van der Waals surface area contributed by atoms with Crippen LogP contribution in [-0.2, 0) is 0 Å². The normalized spacial score (nSPS) is 9.91. The first kappa shape index (κ1) is 16.0. The van der Waals surface area contributed by atoms with Crippen molar-refractivity contribution in [1.82, 2.24) is 0 Å². The zero-order valence-electron chi connectivity index (χ0n) is 11.5. The summed E-state index contributed by atoms with van der Waals surface area (Å²) in [4.78, 5) is 10.1. The Labute approximate surface area is 137 Å². The Kier molecular flexibility index (Phi) is 5.13. The maximum Gasteiger partial charge on any atom is 0.269 e. The molecule has 0 amide bonds. The average molecular weight is 338 g/mol. The van der Waals surface area contributed by atoms with Gasteiger partial charge in [-0.15, -0.1) is 0 Å². The fourth-order valence-corrected chi connectivity index (χ4v) is 2.20. The van der Waals surface area contributed by atoms with E-state index in [2.05, 4.69) is 10.6 Å². The van der Waals surface area contributed by atoms with E-state index in [1.165, 1.54) is 19.2 Å². The minimum atomic E-state index is -0.459. The van der Waals surface area contributed by atoms with Gasteiger partial charge in [0.25, 0.3) is 5.69 Å². The van der Waals surface area contributed by atoms with E-state index in [0.29, 0.717) is 27.3 Å². The molecule has 0 aliphatic heterocycles. The summed E-state index contributed by atoms with van der Waals surface area (Å²) in [6.45, 7) is 0. The van der Waals surface area contributed by atoms with Crippen LogP contribution in [0.5, 0.6) is 5.75 Å². The Hall–Kier alpha value is -2.38. The molecular weight excluding hydrogens is 326 g/mol. The molecular formula is C14H12ClN3O3S. The van der Waals surface area contributed by atoms with Crippen LogP contribution < -0.4 is 15.4 Å². The maximum atomic E-state index is 10.6. The van der Waals surface area contributed by atoms with Crippen LogP contribution in [0.4, 0.5) is 17.1 Å². The largest absolute Gasteiger partial charge is 0.495 e. The van der Waals surface area contributed by atoms with Crippen LogP contribution in [0, 0.1) is 10.1 Å². The highest BCUT2D eigenvalue weighted by molar-refractivity contribution is 7.80. The highest BCUT2D eigenvalue weighted by atomic mass is 35.5. The van der Waals surface area contributed by atoms with Crippen molar-refractivity contribution >= 4 is 46.0 Å². The van der Waals surface area contributed by atoms with Crippen LogP contribution >= 0.6 is 23.8 Å². The standard InChI is InChI=1S/C14H12ClN3O3S/c1-21-13-7-4-10(8-12(13)15)17-14(22)16-9-2-5-11(6-3-9)18(19)20/h2-8H,1H3,(H2,16,17,22). The molecule has 2 aromatic carbocycles. The number of nitro groups is 1. The first-order valence-corrected chi connectivity index (χ1v) is 6.94. The first-order valence-electron chi connectivity index (χ1n) is 6.15. The van der Waals surface area contributed by atoms with E-state index in [1.807, 2.05) is 0 Å². The summed E-state index contributed by atoms with van der Waals surface area (Å²) in [5.41, 5.74) is 1.36. The summed E-state index contributed by atoms with van der Waals surface area (Å²) in [7, 11) is 1.54. The molecule has 2 N–H and O–H groups in total. The Morgan fingerprint density at radius 2 is 1.77 bits per heavy atom. The molecule has 22 heavy (non-hydrogen) atoms. The summed E-state index contributed by atoms with van der Waals surface area (Å²) < 4.78 is 5.07. The fourth-order valence-electron chi connectivity index (χ4n) is 1.70. The molecule has 0 unspecified atom stereocenters. The maximum absolute atomic E-state index is 10.6. The molecule has 0 atom stereocenters. The summed E-state index contributed by atoms with van der Waals surface area (Å²) >= 11 is 11.2. The Bertz CT molecular complexity index is 707. The number of nitrogens with one attached hydrogen (secondary N) is 2. The van der Waals surface area contributed by atoms with Crippen LogP contribution in [0.1, 0.15) is 0 Å². The van der Waals surface area contributed by atoms with Gasteiger partial charge in [0.05, 0.1) is 17.1 Å². The second-order valence-corrected chi connectivity index (χ2v) is 5.05. The molecule has 0 bridgehead atoms. The fraction of sp³-hybridized carbons (Fsp3) is 0.0714. The molecule has 0 aromatic heterocycles. The Morgan fingerprint density at radius 3 is 2.32 bits per heavy atom. The average Bonchev–Trinajstić information content (AvgIpc) is 2.48. The Morgan fingerprint density at radius 1 is 1.18 bits per heavy atom. The number of rotatable bonds is 4. The third-order valence-electron chi connectivity index (χ3n) is 2.75. The molecule has 2 rings (SSSR count). The SMILES string of the molecule is COc1ccc(NC(=S)Nc2ccc([N+](=O)[O-])cc2)cc1Cl. The monoisotopic (exact) mass is 337 g/mol. The Balaban J connectivity index is 2.00. The molecule has 2 aromatic rings. The van der Waals surface area contributed by atoms with Crippen molar-refractivity contribution in [2.24, 2.45) is 0 Å². The first-order chi connectivity index (χ1) is 10.5. The zero-order chi connectivity index (χ0) is 16.1. The van der Waals surface area contributed by atoms with Gasteiger partial charge in [0.1, 0.15) is 5.75 Å². The molecule has 0 aliphatic carbocycles. The molecule has 114 valence electrons. The lowest BCUT2D eigenvalue weighted by atomic mass is 10.3. The minimum absolute atomic E-state index is 0.0198. The van der Waals surface area contributed by atoms with Gasteiger partial charge in [-0.2, -0.15) is 0 Å². The topological polar surface area (TPSA) is 76.4 Å². The third kappa shape index (κ3) is 4.06. The predicted octanol–water partition coefficient (Wildman–Crippen LogP) is 4.07. The molecule has 0 fully saturated rings. The number of non-ortho nitro benzene ring substituents is 1. The lowest BCUT2D eigenvalue weighted by Gasteiger charge is -2.11. The number of thiocarbonyl (C=S) groups is 1. The number of nitro benzene ring substituents is 1. The van der Waals surface area contributed by atoms with Crippen molar-refractivity contribution in [2.45, 2.75) is 0 Å². The number of ether oxygens (including phenoxy) is 1.